The number of nitrogens with zero attached hydrogens (tertiary/aromatic N) is 2. The van der Waals surface area contributed by atoms with Gasteiger partial charge in [0.05, 0.1) is 17.7 Å². The first-order chi connectivity index (χ1) is 20.3. The van der Waals surface area contributed by atoms with Crippen LogP contribution in [0.4, 0.5) is 19.4 Å². The largest absolute Gasteiger partial charge is 0.474 e. The number of carbonyl (C=O) groups excluding carboxylic acids is 2. The van der Waals surface area contributed by atoms with Gasteiger partial charge < -0.3 is 9.64 Å². The minimum Gasteiger partial charge on any atom is -0.447 e. The lowest BCUT2D eigenvalue weighted by Gasteiger charge is -2.35. The quantitative estimate of drug-likeness (QED) is 0.187. The first kappa shape index (κ1) is 34.3. The number of pyridine rings is 1. The Kier molecular flexibility index (Phi) is 12.0. The number of halogens is 3. The van der Waals surface area contributed by atoms with Crippen molar-refractivity contribution in [2.45, 2.75) is 39.2 Å². The maximum absolute atomic E-state index is 13.9. The number of amides is 2. The molecule has 2 aromatic carbocycles. The summed E-state index contributed by atoms with van der Waals surface area (Å²) in [5, 5.41) is 3.70. The van der Waals surface area contributed by atoms with Crippen molar-refractivity contribution in [3.05, 3.63) is 70.9 Å². The average molecular weight is 642 g/mol. The number of phosphoric ester groups is 1. The molecule has 43 heavy (non-hydrogen) atoms. The van der Waals surface area contributed by atoms with E-state index in [9.17, 15) is 22.9 Å². The zero-order valence-corrected chi connectivity index (χ0v) is 26.2. The number of aryl methyl sites for hydroxylation is 1. The number of benzene rings is 2. The molecule has 0 unspecified atom stereocenters. The number of fused-ring (bicyclic) bond motifs is 1. The minimum atomic E-state index is -3.76. The van der Waals surface area contributed by atoms with Crippen LogP contribution < -0.4 is 5.32 Å². The summed E-state index contributed by atoms with van der Waals surface area (Å²) >= 11 is 6.05. The zero-order valence-electron chi connectivity index (χ0n) is 24.6. The van der Waals surface area contributed by atoms with E-state index < -0.39 is 37.0 Å². The second-order valence-electron chi connectivity index (χ2n) is 10.6. The first-order valence-electron chi connectivity index (χ1n) is 13.3. The van der Waals surface area contributed by atoms with Gasteiger partial charge in [-0.15, -0.1) is 0 Å². The fourth-order valence-electron chi connectivity index (χ4n) is 4.29. The molecule has 3 rings (SSSR count). The van der Waals surface area contributed by atoms with E-state index in [2.05, 4.69) is 10.3 Å². The molecule has 0 spiro atoms. The monoisotopic (exact) mass is 641 g/mol. The molecular weight excluding hydrogens is 607 g/mol. The van der Waals surface area contributed by atoms with Crippen LogP contribution in [0.5, 0.6) is 0 Å². The predicted octanol–water partition coefficient (Wildman–Crippen LogP) is 7.01. The molecule has 0 aliphatic rings. The molecule has 1 aromatic heterocycles. The Morgan fingerprint density at radius 3 is 2.53 bits per heavy atom. The molecule has 0 radical (unpaired) electrons. The highest BCUT2D eigenvalue weighted by Crippen LogP contribution is 2.49. The number of likely N-dealkylation sites (N-methyl/N-ethyl adjacent to an activating group) is 1. The topological polar surface area (TPSA) is 116 Å². The molecule has 0 fully saturated rings. The molecule has 234 valence electrons. The van der Waals surface area contributed by atoms with Crippen LogP contribution in [0.2, 0.25) is 5.02 Å². The van der Waals surface area contributed by atoms with Gasteiger partial charge in [0.1, 0.15) is 24.1 Å². The summed E-state index contributed by atoms with van der Waals surface area (Å²) < 4.78 is 60.5. The van der Waals surface area contributed by atoms with E-state index in [1.54, 1.807) is 19.2 Å². The van der Waals surface area contributed by atoms with E-state index in [1.165, 1.54) is 55.6 Å². The van der Waals surface area contributed by atoms with Crippen LogP contribution in [0.1, 0.15) is 32.3 Å². The highest BCUT2D eigenvalue weighted by Gasteiger charge is 2.33. The third-order valence-electron chi connectivity index (χ3n) is 6.75. The number of aromatic nitrogens is 1. The van der Waals surface area contributed by atoms with E-state index in [-0.39, 0.29) is 49.2 Å². The molecule has 0 saturated carbocycles. The van der Waals surface area contributed by atoms with Crippen LogP contribution in [0, 0.1) is 17.0 Å². The molecule has 1 atom stereocenters. The number of phosphoric acid groups is 1. The summed E-state index contributed by atoms with van der Waals surface area (Å²) in [6.07, 6.45) is 1.12. The van der Waals surface area contributed by atoms with Gasteiger partial charge in [-0.2, -0.15) is 0 Å². The van der Waals surface area contributed by atoms with E-state index in [0.717, 1.165) is 0 Å². The molecule has 2 amide bonds. The van der Waals surface area contributed by atoms with Crippen molar-refractivity contribution in [2.24, 2.45) is 5.41 Å². The van der Waals surface area contributed by atoms with Gasteiger partial charge in [0.15, 0.2) is 0 Å². The Morgan fingerprint density at radius 1 is 1.12 bits per heavy atom. The minimum absolute atomic E-state index is 0.0133. The smallest absolute Gasteiger partial charge is 0.447 e. The zero-order chi connectivity index (χ0) is 31.8. The molecule has 10 nitrogen and oxygen atoms in total. The van der Waals surface area contributed by atoms with Gasteiger partial charge in [-0.1, -0.05) is 37.6 Å². The van der Waals surface area contributed by atoms with Crippen molar-refractivity contribution in [2.75, 3.05) is 39.8 Å². The number of hydrogen-bond donors (Lipinski definition) is 1. The van der Waals surface area contributed by atoms with Gasteiger partial charge in [0, 0.05) is 39.3 Å². The number of carbonyl (C=O) groups is 2. The van der Waals surface area contributed by atoms with Gasteiger partial charge in [-0.25, -0.2) is 23.1 Å². The highest BCUT2D eigenvalue weighted by molar-refractivity contribution is 7.48. The van der Waals surface area contributed by atoms with E-state index in [4.69, 9.17) is 29.9 Å². The molecule has 0 aliphatic heterocycles. The number of rotatable bonds is 14. The lowest BCUT2D eigenvalue weighted by molar-refractivity contribution is -0.133. The fraction of sp³-hybridized carbons (Fsp3) is 0.414. The third kappa shape index (κ3) is 9.94. The highest BCUT2D eigenvalue weighted by atomic mass is 35.5. The Bertz CT molecular complexity index is 1490. The summed E-state index contributed by atoms with van der Waals surface area (Å²) in [6, 6.07) is 9.45. The van der Waals surface area contributed by atoms with Gasteiger partial charge >= 0.3 is 13.9 Å². The van der Waals surface area contributed by atoms with Crippen LogP contribution in [0.15, 0.2) is 48.7 Å². The normalized spacial score (nSPS) is 12.7. The molecule has 1 N–H and O–H groups in total. The molecule has 1 heterocycles. The average Bonchev–Trinajstić information content (AvgIpc) is 2.98. The number of anilines is 1. The third-order valence-corrected chi connectivity index (χ3v) is 8.51. The number of ether oxygens (including phenoxy) is 1. The summed E-state index contributed by atoms with van der Waals surface area (Å²) in [7, 11) is 0.203. The lowest BCUT2D eigenvalue weighted by atomic mass is 9.86. The van der Waals surface area contributed by atoms with Crippen molar-refractivity contribution >= 4 is 48.0 Å². The summed E-state index contributed by atoms with van der Waals surface area (Å²) in [5.74, 6) is -1.15. The summed E-state index contributed by atoms with van der Waals surface area (Å²) in [4.78, 5) is 31.5. The number of nitrogens with one attached hydrogen (secondary N) is 1. The maximum Gasteiger partial charge on any atom is 0.474 e. The molecular formula is C29H35ClF2N3O7P. The van der Waals surface area contributed by atoms with Crippen LogP contribution in [-0.4, -0.2) is 62.4 Å². The predicted molar refractivity (Wildman–Crippen MR) is 159 cm³/mol. The van der Waals surface area contributed by atoms with Crippen LogP contribution >= 0.6 is 19.4 Å². The Morgan fingerprint density at radius 2 is 1.84 bits per heavy atom. The second kappa shape index (κ2) is 15.0. The van der Waals surface area contributed by atoms with E-state index in [1.807, 2.05) is 13.8 Å². The summed E-state index contributed by atoms with van der Waals surface area (Å²) in [5.41, 5.74) is -0.205. The van der Waals surface area contributed by atoms with Gasteiger partial charge in [0.25, 0.3) is 0 Å². The van der Waals surface area contributed by atoms with Crippen molar-refractivity contribution in [3.63, 3.8) is 0 Å². The van der Waals surface area contributed by atoms with Crippen molar-refractivity contribution in [1.82, 2.24) is 9.88 Å². The standard InChI is InChI=1S/C29H35ClF2N3O7P/c1-29(2,18-42-43(38,39-4)40-5)15-23(35(3)26(36)12-10-19-7-6-8-24(32)27(19)30)17-41-28(37)34-25-14-21-13-22(31)11-9-20(21)16-33-25/h6-9,11,13-14,16,23H,10,12,15,17-18H2,1-5H3,(H,33,34,37)/t23-/m0/s1. The Hall–Kier alpha value is -3.15. The maximum atomic E-state index is 13.9. The van der Waals surface area contributed by atoms with Gasteiger partial charge in [0.2, 0.25) is 5.91 Å². The molecule has 0 bridgehead atoms. The SMILES string of the molecule is COP(=O)(OC)OCC(C)(C)C[C@@H](COC(=O)Nc1cc2cc(F)ccc2cn1)N(C)C(=O)CCc1cccc(F)c1Cl. The molecule has 0 saturated heterocycles. The second-order valence-corrected chi connectivity index (χ2v) is 12.9. The lowest BCUT2D eigenvalue weighted by Crippen LogP contribution is -2.44. The Labute approximate surface area is 254 Å². The fourth-order valence-corrected chi connectivity index (χ4v) is 5.38. The number of hydrogen-bond acceptors (Lipinski definition) is 8. The van der Waals surface area contributed by atoms with Crippen molar-refractivity contribution in [3.8, 4) is 0 Å². The van der Waals surface area contributed by atoms with Crippen LogP contribution in [0.3, 0.4) is 0 Å². The molecule has 3 aromatic rings. The van der Waals surface area contributed by atoms with E-state index >= 15 is 0 Å². The van der Waals surface area contributed by atoms with Crippen molar-refractivity contribution in [1.29, 1.82) is 0 Å². The van der Waals surface area contributed by atoms with Crippen LogP contribution in [0.25, 0.3) is 10.8 Å². The van der Waals surface area contributed by atoms with E-state index in [0.29, 0.717) is 16.3 Å². The summed E-state index contributed by atoms with van der Waals surface area (Å²) in [6.45, 7) is 3.36. The van der Waals surface area contributed by atoms with Crippen molar-refractivity contribution < 1.29 is 41.2 Å². The molecule has 14 heteroatoms. The Balaban J connectivity index is 1.71. The van der Waals surface area contributed by atoms with Crippen LogP contribution in [-0.2, 0) is 34.1 Å². The van der Waals surface area contributed by atoms with Gasteiger partial charge in [-0.05, 0) is 59.5 Å². The molecule has 0 aliphatic carbocycles. The first-order valence-corrected chi connectivity index (χ1v) is 15.1. The van der Waals surface area contributed by atoms with Gasteiger partial charge in [-0.3, -0.25) is 23.7 Å².